The summed E-state index contributed by atoms with van der Waals surface area (Å²) in [6.45, 7) is 0. The highest BCUT2D eigenvalue weighted by molar-refractivity contribution is 7.80. The Balaban J connectivity index is 0.899. The highest BCUT2D eigenvalue weighted by Crippen LogP contribution is 2.48. The molecule has 0 amide bonds. The van der Waals surface area contributed by atoms with Crippen LogP contribution in [0.3, 0.4) is 0 Å². The number of thiol groups is 1. The molecule has 0 saturated heterocycles. The van der Waals surface area contributed by atoms with Crippen LogP contribution in [0.1, 0.15) is 0 Å². The quantitative estimate of drug-likeness (QED) is 0.162. The van der Waals surface area contributed by atoms with Crippen LogP contribution in [-0.4, -0.2) is 0 Å². The van der Waals surface area contributed by atoms with E-state index in [-0.39, 0.29) is 0 Å². The van der Waals surface area contributed by atoms with Crippen molar-refractivity contribution >= 4 is 144 Å². The molecular weight excluding hydrogens is 869 g/mol. The lowest BCUT2D eigenvalue weighted by molar-refractivity contribution is 0.663. The summed E-state index contributed by atoms with van der Waals surface area (Å²) >= 11 is 6.83. The average Bonchev–Trinajstić information content (AvgIpc) is 4.07. The highest BCUT2D eigenvalue weighted by atomic mass is 32.1. The van der Waals surface area contributed by atoms with Crippen LogP contribution >= 0.6 is 24.0 Å². The van der Waals surface area contributed by atoms with Crippen LogP contribution in [-0.2, 0) is 0 Å². The third-order valence-corrected chi connectivity index (χ3v) is 15.0. The van der Waals surface area contributed by atoms with Crippen LogP contribution < -0.4 is 9.80 Å². The normalized spacial score (nSPS) is 11.9. The lowest BCUT2D eigenvalue weighted by Crippen LogP contribution is -2.11. The van der Waals surface area contributed by atoms with Gasteiger partial charge in [0.1, 0.15) is 22.3 Å². The van der Waals surface area contributed by atoms with Gasteiger partial charge in [0.15, 0.2) is 0 Å². The lowest BCUT2D eigenvalue weighted by atomic mass is 10.0. The Morgan fingerprint density at radius 2 is 0.941 bits per heavy atom. The third kappa shape index (κ3) is 6.15. The van der Waals surface area contributed by atoms with E-state index in [9.17, 15) is 0 Å². The Morgan fingerprint density at radius 3 is 1.66 bits per heavy atom. The van der Waals surface area contributed by atoms with Gasteiger partial charge in [-0.3, -0.25) is 0 Å². The monoisotopic (exact) mass is 906 g/mol. The number of para-hydroxylation sites is 2. The van der Waals surface area contributed by atoms with Gasteiger partial charge in [-0.2, -0.15) is 0 Å². The zero-order chi connectivity index (χ0) is 44.9. The minimum absolute atomic E-state index is 0.801. The molecule has 0 fully saturated rings. The van der Waals surface area contributed by atoms with E-state index in [2.05, 4.69) is 228 Å². The summed E-state index contributed by atoms with van der Waals surface area (Å²) in [5.41, 5.74) is 12.0. The van der Waals surface area contributed by atoms with Crippen LogP contribution in [0.5, 0.6) is 0 Å². The van der Waals surface area contributed by atoms with Crippen molar-refractivity contribution in [2.75, 3.05) is 9.80 Å². The van der Waals surface area contributed by atoms with Crippen molar-refractivity contribution in [3.8, 4) is 11.1 Å². The molecule has 3 aromatic heterocycles. The molecule has 0 unspecified atom stereocenters. The minimum atomic E-state index is 0.801. The first-order valence-electron chi connectivity index (χ1n) is 22.8. The van der Waals surface area contributed by atoms with Gasteiger partial charge in [-0.1, -0.05) is 109 Å². The number of benzene rings is 11. The van der Waals surface area contributed by atoms with Gasteiger partial charge in [0.05, 0.1) is 16.8 Å². The van der Waals surface area contributed by atoms with E-state index in [0.29, 0.717) is 0 Å². The van der Waals surface area contributed by atoms with Crippen LogP contribution in [0.25, 0.3) is 96.7 Å². The van der Waals surface area contributed by atoms with Gasteiger partial charge in [-0.25, -0.2) is 0 Å². The zero-order valence-corrected chi connectivity index (χ0v) is 38.1. The Kier molecular flexibility index (Phi) is 8.81. The molecule has 0 saturated carbocycles. The second kappa shape index (κ2) is 15.4. The van der Waals surface area contributed by atoms with Crippen molar-refractivity contribution in [1.82, 2.24) is 0 Å². The predicted octanol–water partition coefficient (Wildman–Crippen LogP) is 19.1. The van der Waals surface area contributed by atoms with Crippen LogP contribution in [0.2, 0.25) is 0 Å². The average molecular weight is 907 g/mol. The Bertz CT molecular complexity index is 4290. The molecule has 0 aliphatic heterocycles. The van der Waals surface area contributed by atoms with Gasteiger partial charge < -0.3 is 18.6 Å². The molecule has 0 aliphatic rings. The summed E-state index contributed by atoms with van der Waals surface area (Å²) in [5, 5.41) is 11.1. The van der Waals surface area contributed by atoms with Gasteiger partial charge in [0.2, 0.25) is 0 Å². The van der Waals surface area contributed by atoms with Crippen molar-refractivity contribution in [1.29, 1.82) is 0 Å². The molecule has 14 aromatic rings. The van der Waals surface area contributed by atoms with E-state index >= 15 is 0 Å². The first kappa shape index (κ1) is 38.9. The second-order valence-corrected chi connectivity index (χ2v) is 19.0. The molecule has 14 rings (SSSR count). The maximum atomic E-state index is 6.93. The molecule has 320 valence electrons. The third-order valence-electron chi connectivity index (χ3n) is 13.4. The molecule has 6 heteroatoms. The molecule has 68 heavy (non-hydrogen) atoms. The number of rotatable bonds is 7. The maximum Gasteiger partial charge on any atom is 0.147 e. The fourth-order valence-corrected chi connectivity index (χ4v) is 11.9. The Hall–Kier alpha value is -8.29. The van der Waals surface area contributed by atoms with E-state index in [4.69, 9.17) is 21.5 Å². The second-order valence-electron chi connectivity index (χ2n) is 17.4. The standard InChI is InChI=1S/C62H38N2O2S2/c67-56-23-12-21-51(59(56)38-14-4-1-5-15-38)63(43-16-6-2-7-17-43)45-28-26-39-34-49-47-30-31-53-61(62(47)66-54(49)36-41(39)32-45)50-35-40-27-29-46(33-42(40)37-55(50)65-53)64(44-18-8-3-9-19-44)52-22-13-25-58-60(52)48-20-10-11-24-57(48)68-58/h1-37,67H. The van der Waals surface area contributed by atoms with E-state index in [1.165, 1.54) is 20.2 Å². The molecule has 0 spiro atoms. The number of hydrogen-bond acceptors (Lipinski definition) is 6. The molecule has 0 atom stereocenters. The molecule has 4 nitrogen and oxygen atoms in total. The minimum Gasteiger partial charge on any atom is -0.456 e. The van der Waals surface area contributed by atoms with E-state index in [1.54, 1.807) is 0 Å². The first-order valence-corrected chi connectivity index (χ1v) is 24.0. The van der Waals surface area contributed by atoms with Crippen LogP contribution in [0.4, 0.5) is 34.1 Å². The fourth-order valence-electron chi connectivity index (χ4n) is 10.4. The first-order chi connectivity index (χ1) is 33.6. The van der Waals surface area contributed by atoms with Crippen molar-refractivity contribution in [3.63, 3.8) is 0 Å². The smallest absolute Gasteiger partial charge is 0.147 e. The van der Waals surface area contributed by atoms with Crippen LogP contribution in [0, 0.1) is 0 Å². The number of furan rings is 2. The van der Waals surface area contributed by atoms with E-state index < -0.39 is 0 Å². The summed E-state index contributed by atoms with van der Waals surface area (Å²) in [6, 6.07) is 80.0. The molecular formula is C62H38N2O2S2. The molecule has 0 radical (unpaired) electrons. The van der Waals surface area contributed by atoms with Gasteiger partial charge >= 0.3 is 0 Å². The Morgan fingerprint density at radius 1 is 0.353 bits per heavy atom. The largest absolute Gasteiger partial charge is 0.456 e. The zero-order valence-electron chi connectivity index (χ0n) is 36.4. The summed E-state index contributed by atoms with van der Waals surface area (Å²) in [4.78, 5) is 5.63. The maximum absolute atomic E-state index is 6.93. The van der Waals surface area contributed by atoms with Crippen molar-refractivity contribution < 1.29 is 8.83 Å². The van der Waals surface area contributed by atoms with Gasteiger partial charge in [-0.15, -0.1) is 24.0 Å². The molecule has 0 aliphatic carbocycles. The number of anilines is 6. The SMILES string of the molecule is Sc1cccc(N(c2ccccc2)c2ccc3cc4c(cc3c2)oc2c4ccc3oc4cc5cc(N(c6ccccc6)c6cccc7sc8ccccc8c67)ccc5cc4c32)c1-c1ccccc1. The van der Waals surface area contributed by atoms with Crippen molar-refractivity contribution in [2.24, 2.45) is 0 Å². The lowest BCUT2D eigenvalue weighted by Gasteiger charge is -2.28. The number of thiophene rings is 1. The fraction of sp³-hybridized carbons (Fsp3) is 0. The number of nitrogens with zero attached hydrogens (tertiary/aromatic N) is 2. The Labute approximate surface area is 400 Å². The molecule has 0 bridgehead atoms. The highest BCUT2D eigenvalue weighted by Gasteiger charge is 2.23. The van der Waals surface area contributed by atoms with Crippen molar-refractivity contribution in [3.05, 3.63) is 224 Å². The summed E-state index contributed by atoms with van der Waals surface area (Å²) in [5.74, 6) is 0. The summed E-state index contributed by atoms with van der Waals surface area (Å²) in [6.07, 6.45) is 0. The molecule has 0 N–H and O–H groups in total. The van der Waals surface area contributed by atoms with Gasteiger partial charge in [-0.05, 0) is 142 Å². The summed E-state index contributed by atoms with van der Waals surface area (Å²) < 4.78 is 16.2. The van der Waals surface area contributed by atoms with E-state index in [0.717, 1.165) is 116 Å². The number of fused-ring (bicyclic) bond motifs is 12. The number of hydrogen-bond donors (Lipinski definition) is 1. The van der Waals surface area contributed by atoms with Crippen LogP contribution in [0.15, 0.2) is 238 Å². The molecule has 3 heterocycles. The topological polar surface area (TPSA) is 32.8 Å². The predicted molar refractivity (Wildman–Crippen MR) is 291 cm³/mol. The van der Waals surface area contributed by atoms with Gasteiger partial charge in [0, 0.05) is 69.5 Å². The summed E-state index contributed by atoms with van der Waals surface area (Å²) in [7, 11) is 0. The van der Waals surface area contributed by atoms with Crippen molar-refractivity contribution in [2.45, 2.75) is 4.90 Å². The van der Waals surface area contributed by atoms with E-state index in [1.807, 2.05) is 17.4 Å². The van der Waals surface area contributed by atoms with Gasteiger partial charge in [0.25, 0.3) is 0 Å². The molecule has 11 aromatic carbocycles.